The van der Waals surface area contributed by atoms with Crippen molar-refractivity contribution in [1.29, 1.82) is 0 Å². The summed E-state index contributed by atoms with van der Waals surface area (Å²) in [5.41, 5.74) is 6.70. The number of nitrogens with zero attached hydrogens (tertiary/aromatic N) is 3. The molecule has 0 bridgehead atoms. The molecule has 0 aliphatic carbocycles. The molecule has 244 valence electrons. The Morgan fingerprint density at radius 3 is 2.35 bits per heavy atom. The first-order chi connectivity index (χ1) is 21.8. The van der Waals surface area contributed by atoms with Gasteiger partial charge in [0.2, 0.25) is 11.8 Å². The third kappa shape index (κ3) is 8.46. The number of alkyl halides is 3. The van der Waals surface area contributed by atoms with Crippen LogP contribution in [0.5, 0.6) is 0 Å². The highest BCUT2D eigenvalue weighted by molar-refractivity contribution is 6.30. The van der Waals surface area contributed by atoms with Crippen molar-refractivity contribution >= 4 is 35.1 Å². The standard InChI is InChI=1S/C32H33ClF3N5O5/c1-18(2)25(28(42)32(34,35)36)40-30(44)24-15-22(46-17-19-7-4-3-5-8-19)16-41(24)31(45)23(14-20-9-6-10-21(33)13-20)26-27(29(37)43)39-12-11-38-26/h3-13,18,22-25H,14-17H2,1-2H3,(H2,37,43)(H,40,44)/t22-,23+,24+,25+/m1/s1. The fourth-order valence-corrected chi connectivity index (χ4v) is 5.57. The molecule has 0 unspecified atom stereocenters. The average molecular weight is 660 g/mol. The Kier molecular flexibility index (Phi) is 11.1. The van der Waals surface area contributed by atoms with Crippen LogP contribution in [0.25, 0.3) is 0 Å². The largest absolute Gasteiger partial charge is 0.452 e. The molecule has 2 heterocycles. The topological polar surface area (TPSA) is 145 Å². The van der Waals surface area contributed by atoms with E-state index in [1.807, 2.05) is 30.3 Å². The lowest BCUT2D eigenvalue weighted by molar-refractivity contribution is -0.175. The Morgan fingerprint density at radius 1 is 1.04 bits per heavy atom. The zero-order valence-corrected chi connectivity index (χ0v) is 25.8. The van der Waals surface area contributed by atoms with Gasteiger partial charge >= 0.3 is 6.18 Å². The number of ketones is 1. The Bertz CT molecular complexity index is 1570. The lowest BCUT2D eigenvalue weighted by atomic mass is 9.92. The number of likely N-dealkylation sites (tertiary alicyclic amines) is 1. The van der Waals surface area contributed by atoms with Gasteiger partial charge in [-0.25, -0.2) is 4.98 Å². The van der Waals surface area contributed by atoms with Crippen molar-refractivity contribution in [3.8, 4) is 0 Å². The molecule has 0 saturated carbocycles. The van der Waals surface area contributed by atoms with Crippen molar-refractivity contribution in [2.75, 3.05) is 6.54 Å². The highest BCUT2D eigenvalue weighted by atomic mass is 35.5. The first-order valence-electron chi connectivity index (χ1n) is 14.5. The van der Waals surface area contributed by atoms with Crippen LogP contribution in [0.3, 0.4) is 0 Å². The van der Waals surface area contributed by atoms with Gasteiger partial charge in [-0.1, -0.05) is 67.9 Å². The van der Waals surface area contributed by atoms with Crippen molar-refractivity contribution < 1.29 is 37.1 Å². The van der Waals surface area contributed by atoms with Gasteiger partial charge in [-0.05, 0) is 35.6 Å². The minimum absolute atomic E-state index is 0.0279. The number of ether oxygens (including phenoxy) is 1. The maximum absolute atomic E-state index is 14.4. The molecule has 14 heteroatoms. The Balaban J connectivity index is 1.71. The molecule has 2 aromatic carbocycles. The van der Waals surface area contributed by atoms with E-state index in [1.165, 1.54) is 31.1 Å². The van der Waals surface area contributed by atoms with Crippen LogP contribution in [0.1, 0.15) is 53.5 Å². The second kappa shape index (κ2) is 14.8. The molecule has 4 atom stereocenters. The fraction of sp³-hybridized carbons (Fsp3) is 0.375. The number of rotatable bonds is 12. The molecule has 1 aromatic heterocycles. The monoisotopic (exact) mass is 659 g/mol. The number of amides is 3. The van der Waals surface area contributed by atoms with Crippen molar-refractivity contribution in [2.45, 2.75) is 63.6 Å². The van der Waals surface area contributed by atoms with Crippen molar-refractivity contribution in [3.63, 3.8) is 0 Å². The number of carbonyl (C=O) groups excluding carboxylic acids is 4. The van der Waals surface area contributed by atoms with Crippen LogP contribution >= 0.6 is 11.6 Å². The molecule has 4 rings (SSSR count). The summed E-state index contributed by atoms with van der Waals surface area (Å²) in [4.78, 5) is 62.1. The van der Waals surface area contributed by atoms with Crippen LogP contribution in [0.2, 0.25) is 5.02 Å². The van der Waals surface area contributed by atoms with Crippen LogP contribution in [0, 0.1) is 5.92 Å². The van der Waals surface area contributed by atoms with Gasteiger partial charge in [0, 0.05) is 30.4 Å². The molecule has 1 aliphatic rings. The van der Waals surface area contributed by atoms with Gasteiger partial charge in [0.1, 0.15) is 11.7 Å². The van der Waals surface area contributed by atoms with Gasteiger partial charge in [0.05, 0.1) is 30.4 Å². The van der Waals surface area contributed by atoms with Crippen LogP contribution in [-0.4, -0.2) is 69.3 Å². The number of primary amides is 1. The van der Waals surface area contributed by atoms with Crippen molar-refractivity contribution in [1.82, 2.24) is 20.2 Å². The molecule has 1 saturated heterocycles. The predicted octanol–water partition coefficient (Wildman–Crippen LogP) is 4.01. The SMILES string of the molecule is CC(C)[C@H](NC(=O)[C@@H]1C[C@@H](OCc2ccccc2)CN1C(=O)[C@@H](Cc1cccc(Cl)c1)c1nccnc1C(N)=O)C(=O)C(F)(F)F. The summed E-state index contributed by atoms with van der Waals surface area (Å²) in [7, 11) is 0. The Morgan fingerprint density at radius 2 is 1.72 bits per heavy atom. The van der Waals surface area contributed by atoms with E-state index in [9.17, 15) is 32.3 Å². The third-order valence-electron chi connectivity index (χ3n) is 7.62. The number of hydrogen-bond acceptors (Lipinski definition) is 7. The lowest BCUT2D eigenvalue weighted by Crippen LogP contribution is -2.55. The minimum Gasteiger partial charge on any atom is -0.372 e. The van der Waals surface area contributed by atoms with E-state index in [4.69, 9.17) is 22.1 Å². The quantitative estimate of drug-likeness (QED) is 0.299. The summed E-state index contributed by atoms with van der Waals surface area (Å²) in [6.45, 7) is 2.78. The summed E-state index contributed by atoms with van der Waals surface area (Å²) < 4.78 is 46.3. The molecule has 46 heavy (non-hydrogen) atoms. The average Bonchev–Trinajstić information content (AvgIpc) is 3.45. The molecule has 3 N–H and O–H groups in total. The first-order valence-corrected chi connectivity index (χ1v) is 14.9. The molecular formula is C32H33ClF3N5O5. The van der Waals surface area contributed by atoms with Gasteiger partial charge in [-0.3, -0.25) is 24.2 Å². The molecule has 1 aliphatic heterocycles. The van der Waals surface area contributed by atoms with E-state index in [0.717, 1.165) is 5.56 Å². The number of aromatic nitrogens is 2. The number of nitrogens with one attached hydrogen (secondary N) is 1. The second-order valence-electron chi connectivity index (χ2n) is 11.3. The lowest BCUT2D eigenvalue weighted by Gasteiger charge is -2.30. The van der Waals surface area contributed by atoms with Gasteiger partial charge in [-0.2, -0.15) is 13.2 Å². The van der Waals surface area contributed by atoms with Gasteiger partial charge < -0.3 is 20.7 Å². The maximum Gasteiger partial charge on any atom is 0.452 e. The highest BCUT2D eigenvalue weighted by Gasteiger charge is 2.48. The third-order valence-corrected chi connectivity index (χ3v) is 7.86. The number of hydrogen-bond donors (Lipinski definition) is 2. The van der Waals surface area contributed by atoms with Crippen molar-refractivity contribution in [2.24, 2.45) is 11.7 Å². The van der Waals surface area contributed by atoms with Gasteiger partial charge in [0.25, 0.3) is 11.7 Å². The van der Waals surface area contributed by atoms with E-state index < -0.39 is 59.7 Å². The van der Waals surface area contributed by atoms with E-state index in [-0.39, 0.29) is 37.4 Å². The maximum atomic E-state index is 14.4. The van der Waals surface area contributed by atoms with Gasteiger partial charge in [0.15, 0.2) is 0 Å². The smallest absolute Gasteiger partial charge is 0.372 e. The minimum atomic E-state index is -5.19. The summed E-state index contributed by atoms with van der Waals surface area (Å²) in [5, 5.41) is 2.62. The number of carbonyl (C=O) groups is 4. The van der Waals surface area contributed by atoms with E-state index >= 15 is 0 Å². The summed E-state index contributed by atoms with van der Waals surface area (Å²) >= 11 is 6.19. The Hall–Kier alpha value is -4.36. The zero-order chi connectivity index (χ0) is 33.6. The summed E-state index contributed by atoms with van der Waals surface area (Å²) in [6, 6.07) is 12.6. The Labute approximate surface area is 268 Å². The summed E-state index contributed by atoms with van der Waals surface area (Å²) in [5.74, 6) is -6.76. The molecular weight excluding hydrogens is 627 g/mol. The molecule has 10 nitrogen and oxygen atoms in total. The molecule has 3 amide bonds. The molecule has 3 aromatic rings. The second-order valence-corrected chi connectivity index (χ2v) is 11.7. The van der Waals surface area contributed by atoms with E-state index in [1.54, 1.807) is 24.3 Å². The van der Waals surface area contributed by atoms with Crippen LogP contribution in [0.4, 0.5) is 13.2 Å². The number of Topliss-reactive ketones (excluding diaryl/α,β-unsaturated/α-hetero) is 1. The van der Waals surface area contributed by atoms with Gasteiger partial charge in [-0.15, -0.1) is 0 Å². The molecule has 0 spiro atoms. The predicted molar refractivity (Wildman–Crippen MR) is 161 cm³/mol. The van der Waals surface area contributed by atoms with E-state index in [2.05, 4.69) is 15.3 Å². The number of nitrogens with two attached hydrogens (primary N) is 1. The van der Waals surface area contributed by atoms with Crippen molar-refractivity contribution in [3.05, 3.63) is 94.5 Å². The fourth-order valence-electron chi connectivity index (χ4n) is 5.35. The van der Waals surface area contributed by atoms with Crippen LogP contribution in [0.15, 0.2) is 67.0 Å². The van der Waals surface area contributed by atoms with Crippen LogP contribution < -0.4 is 11.1 Å². The normalized spacial score (nSPS) is 17.8. The number of benzene rings is 2. The first kappa shape index (κ1) is 34.5. The number of halogens is 4. The zero-order valence-electron chi connectivity index (χ0n) is 25.0. The summed E-state index contributed by atoms with van der Waals surface area (Å²) in [6.07, 6.45) is -3.44. The molecule has 1 fully saturated rings. The molecule has 0 radical (unpaired) electrons. The highest BCUT2D eigenvalue weighted by Crippen LogP contribution is 2.31. The van der Waals surface area contributed by atoms with E-state index in [0.29, 0.717) is 10.6 Å². The van der Waals surface area contributed by atoms with Crippen LogP contribution in [-0.2, 0) is 32.1 Å².